The average molecular weight is 324 g/mol. The van der Waals surface area contributed by atoms with E-state index in [1.54, 1.807) is 12.1 Å². The summed E-state index contributed by atoms with van der Waals surface area (Å²) >= 11 is 12.5. The predicted molar refractivity (Wildman–Crippen MR) is 86.5 cm³/mol. The Kier molecular flexibility index (Phi) is 4.04. The van der Waals surface area contributed by atoms with Gasteiger partial charge < -0.3 is 11.5 Å². The molecule has 2 rings (SSSR count). The fourth-order valence-corrected chi connectivity index (χ4v) is 2.15. The van der Waals surface area contributed by atoms with E-state index in [1.165, 1.54) is 4.68 Å². The van der Waals surface area contributed by atoms with Gasteiger partial charge in [-0.05, 0) is 32.9 Å². The summed E-state index contributed by atoms with van der Waals surface area (Å²) in [4.78, 5) is 3.83. The summed E-state index contributed by atoms with van der Waals surface area (Å²) in [6, 6.07) is 3.34. The Morgan fingerprint density at radius 3 is 2.14 bits per heavy atom. The van der Waals surface area contributed by atoms with Crippen molar-refractivity contribution in [2.75, 3.05) is 11.5 Å². The summed E-state index contributed by atoms with van der Waals surface area (Å²) in [6.45, 7) is 6.03. The van der Waals surface area contributed by atoms with E-state index in [2.05, 4.69) is 21.9 Å². The van der Waals surface area contributed by atoms with Gasteiger partial charge in [0.1, 0.15) is 0 Å². The van der Waals surface area contributed by atoms with Gasteiger partial charge in [-0.1, -0.05) is 35.0 Å². The second-order valence-corrected chi connectivity index (χ2v) is 6.34. The molecule has 0 saturated carbocycles. The lowest BCUT2D eigenvalue weighted by Gasteiger charge is -2.09. The molecule has 0 fully saturated rings. The van der Waals surface area contributed by atoms with Crippen molar-refractivity contribution in [3.8, 4) is 17.5 Å². The highest BCUT2D eigenvalue weighted by atomic mass is 35.5. The van der Waals surface area contributed by atoms with Gasteiger partial charge in [0.15, 0.2) is 0 Å². The zero-order chi connectivity index (χ0) is 15.8. The number of anilines is 2. The maximum absolute atomic E-state index is 6.25. The van der Waals surface area contributed by atoms with Gasteiger partial charge in [-0.2, -0.15) is 9.67 Å². The Balaban J connectivity index is 2.51. The molecule has 0 unspecified atom stereocenters. The number of hydrogen-bond donors (Lipinski definition) is 2. The fourth-order valence-electron chi connectivity index (χ4n) is 1.58. The molecule has 0 aliphatic carbocycles. The van der Waals surface area contributed by atoms with Crippen molar-refractivity contribution in [3.63, 3.8) is 0 Å². The molecule has 0 radical (unpaired) electrons. The summed E-state index contributed by atoms with van der Waals surface area (Å²) < 4.78 is 1.37. The lowest BCUT2D eigenvalue weighted by atomic mass is 9.97. The molecular weight excluding hydrogens is 309 g/mol. The van der Waals surface area contributed by atoms with Gasteiger partial charge in [0.2, 0.25) is 11.9 Å². The van der Waals surface area contributed by atoms with Crippen molar-refractivity contribution in [3.05, 3.63) is 27.7 Å². The number of nitrogens with zero attached hydrogens (tertiary/aromatic N) is 3. The van der Waals surface area contributed by atoms with Gasteiger partial charge in [0.25, 0.3) is 0 Å². The molecule has 0 saturated heterocycles. The van der Waals surface area contributed by atoms with Crippen LogP contribution in [0.3, 0.4) is 0 Å². The van der Waals surface area contributed by atoms with Crippen LogP contribution in [0.15, 0.2) is 12.1 Å². The van der Waals surface area contributed by atoms with Gasteiger partial charge in [-0.15, -0.1) is 5.10 Å². The molecule has 5 nitrogen and oxygen atoms in total. The topological polar surface area (TPSA) is 82.8 Å². The first kappa shape index (κ1) is 15.5. The lowest BCUT2D eigenvalue weighted by molar-refractivity contribution is 0.571. The van der Waals surface area contributed by atoms with Gasteiger partial charge in [0, 0.05) is 5.41 Å². The summed E-state index contributed by atoms with van der Waals surface area (Å²) in [5, 5.41) is 4.82. The highest BCUT2D eigenvalue weighted by molar-refractivity contribution is 6.37. The van der Waals surface area contributed by atoms with E-state index in [0.717, 1.165) is 0 Å². The number of nitrogen functional groups attached to an aromatic ring is 2. The van der Waals surface area contributed by atoms with E-state index in [1.807, 2.05) is 20.8 Å². The van der Waals surface area contributed by atoms with Crippen LogP contribution < -0.4 is 11.5 Å². The summed E-state index contributed by atoms with van der Waals surface area (Å²) in [7, 11) is 0. The Labute approximate surface area is 133 Å². The number of benzene rings is 1. The molecule has 1 aromatic carbocycles. The highest BCUT2D eigenvalue weighted by Crippen LogP contribution is 2.28. The van der Waals surface area contributed by atoms with Crippen molar-refractivity contribution >= 4 is 35.1 Å². The van der Waals surface area contributed by atoms with Crippen molar-refractivity contribution in [1.82, 2.24) is 14.8 Å². The molecule has 1 heterocycles. The number of rotatable bonds is 1. The van der Waals surface area contributed by atoms with Crippen LogP contribution in [0.1, 0.15) is 26.3 Å². The Bertz CT molecular complexity index is 724. The largest absolute Gasteiger partial charge is 0.368 e. The third-order valence-electron chi connectivity index (χ3n) is 2.48. The molecule has 21 heavy (non-hydrogen) atoms. The van der Waals surface area contributed by atoms with Crippen LogP contribution in [0.4, 0.5) is 11.9 Å². The third-order valence-corrected chi connectivity index (χ3v) is 3.08. The van der Waals surface area contributed by atoms with E-state index in [0.29, 0.717) is 21.3 Å². The Hall–Kier alpha value is -1.90. The standard InChI is InChI=1S/C14H15Cl2N5/c1-14(2,3)5-4-9-10(15)6-8(7-11(9)16)21-13(18)19-12(17)20-21/h6-7H,1-3H3,(H4,17,18,19,20). The van der Waals surface area contributed by atoms with Gasteiger partial charge >= 0.3 is 0 Å². The van der Waals surface area contributed by atoms with E-state index in [-0.39, 0.29) is 17.3 Å². The smallest absolute Gasteiger partial charge is 0.241 e. The SMILES string of the molecule is CC(C)(C)C#Cc1c(Cl)cc(-n2nc(N)nc2N)cc1Cl. The summed E-state index contributed by atoms with van der Waals surface area (Å²) in [5.41, 5.74) is 12.2. The summed E-state index contributed by atoms with van der Waals surface area (Å²) in [5.74, 6) is 6.34. The zero-order valence-electron chi connectivity index (χ0n) is 11.9. The van der Waals surface area contributed by atoms with Gasteiger partial charge in [-0.25, -0.2) is 0 Å². The molecule has 0 amide bonds. The first-order valence-corrected chi connectivity index (χ1v) is 6.93. The van der Waals surface area contributed by atoms with Crippen LogP contribution in [0.2, 0.25) is 10.0 Å². The number of nitrogens with two attached hydrogens (primary N) is 2. The predicted octanol–water partition coefficient (Wildman–Crippen LogP) is 3.14. The highest BCUT2D eigenvalue weighted by Gasteiger charge is 2.12. The molecule has 0 aliphatic heterocycles. The molecule has 2 aromatic rings. The van der Waals surface area contributed by atoms with E-state index >= 15 is 0 Å². The van der Waals surface area contributed by atoms with E-state index < -0.39 is 0 Å². The van der Waals surface area contributed by atoms with Crippen molar-refractivity contribution in [2.45, 2.75) is 20.8 Å². The van der Waals surface area contributed by atoms with Crippen LogP contribution >= 0.6 is 23.2 Å². The number of halogens is 2. The third kappa shape index (κ3) is 3.60. The number of hydrogen-bond acceptors (Lipinski definition) is 4. The van der Waals surface area contributed by atoms with Crippen LogP contribution in [0, 0.1) is 17.3 Å². The van der Waals surface area contributed by atoms with Crippen LogP contribution in [0.5, 0.6) is 0 Å². The first-order chi connectivity index (χ1) is 9.67. The average Bonchev–Trinajstić information content (AvgIpc) is 2.65. The lowest BCUT2D eigenvalue weighted by Crippen LogP contribution is -2.03. The van der Waals surface area contributed by atoms with E-state index in [4.69, 9.17) is 34.7 Å². The first-order valence-electron chi connectivity index (χ1n) is 6.18. The maximum Gasteiger partial charge on any atom is 0.241 e. The van der Waals surface area contributed by atoms with Crippen LogP contribution in [0.25, 0.3) is 5.69 Å². The van der Waals surface area contributed by atoms with Crippen LogP contribution in [-0.4, -0.2) is 14.8 Å². The molecule has 0 spiro atoms. The number of aromatic nitrogens is 3. The minimum absolute atomic E-state index is 0.0799. The zero-order valence-corrected chi connectivity index (χ0v) is 13.4. The van der Waals surface area contributed by atoms with Crippen molar-refractivity contribution < 1.29 is 0 Å². The molecule has 110 valence electrons. The Morgan fingerprint density at radius 1 is 1.14 bits per heavy atom. The fraction of sp³-hybridized carbons (Fsp3) is 0.286. The van der Waals surface area contributed by atoms with Crippen molar-refractivity contribution in [1.29, 1.82) is 0 Å². The van der Waals surface area contributed by atoms with Gasteiger partial charge in [-0.3, -0.25) is 0 Å². The molecule has 0 bridgehead atoms. The summed E-state index contributed by atoms with van der Waals surface area (Å²) in [6.07, 6.45) is 0. The minimum atomic E-state index is -0.143. The van der Waals surface area contributed by atoms with E-state index in [9.17, 15) is 0 Å². The molecule has 0 atom stereocenters. The molecule has 1 aromatic heterocycles. The Morgan fingerprint density at radius 2 is 1.71 bits per heavy atom. The molecule has 0 aliphatic rings. The second-order valence-electron chi connectivity index (χ2n) is 5.52. The van der Waals surface area contributed by atoms with Crippen LogP contribution in [-0.2, 0) is 0 Å². The normalized spacial score (nSPS) is 11.1. The monoisotopic (exact) mass is 323 g/mol. The molecule has 7 heteroatoms. The maximum atomic E-state index is 6.25. The molecule has 4 N–H and O–H groups in total. The minimum Gasteiger partial charge on any atom is -0.368 e. The quantitative estimate of drug-likeness (QED) is 0.790. The van der Waals surface area contributed by atoms with Gasteiger partial charge in [0.05, 0.1) is 21.3 Å². The molecular formula is C14H15Cl2N5. The second kappa shape index (κ2) is 5.47. The van der Waals surface area contributed by atoms with Crippen molar-refractivity contribution in [2.24, 2.45) is 5.41 Å².